The van der Waals surface area contributed by atoms with E-state index in [-0.39, 0.29) is 5.97 Å². The fourth-order valence-electron chi connectivity index (χ4n) is 3.25. The van der Waals surface area contributed by atoms with Gasteiger partial charge >= 0.3 is 5.97 Å². The number of carbonyl (C=O) groups is 1. The Morgan fingerprint density at radius 1 is 1.39 bits per heavy atom. The number of hydrogen-bond acceptors (Lipinski definition) is 3. The summed E-state index contributed by atoms with van der Waals surface area (Å²) in [6.45, 7) is 5.27. The van der Waals surface area contributed by atoms with E-state index in [1.165, 1.54) is 22.0 Å². The molecule has 3 rings (SSSR count). The maximum absolute atomic E-state index is 11.6. The van der Waals surface area contributed by atoms with Gasteiger partial charge in [0.25, 0.3) is 0 Å². The van der Waals surface area contributed by atoms with E-state index in [9.17, 15) is 4.79 Å². The Balaban J connectivity index is 1.59. The molecule has 1 aromatic heterocycles. The molecule has 23 heavy (non-hydrogen) atoms. The van der Waals surface area contributed by atoms with Gasteiger partial charge in [0, 0.05) is 36.3 Å². The summed E-state index contributed by atoms with van der Waals surface area (Å²) in [7, 11) is 0. The van der Waals surface area contributed by atoms with Crippen molar-refractivity contribution >= 4 is 16.9 Å². The molecule has 1 fully saturated rings. The molecule has 1 N–H and O–H groups in total. The number of aromatic nitrogens is 1. The van der Waals surface area contributed by atoms with Crippen LogP contribution in [0.3, 0.4) is 0 Å². The number of hydrogen-bond donors (Lipinski definition) is 1. The standard InChI is InChI=1S/C19H24N2O2/c1-2-23-19(22)12-15-6-5-10-21(14-15)11-9-16-13-20-18-8-4-3-7-17(16)18/h3-4,7-8,12-13,20H,2,5-6,9-11,14H2,1H3/b15-12+. The molecule has 1 saturated heterocycles. The number of rotatable bonds is 5. The molecular formula is C19H24N2O2. The Labute approximate surface area is 137 Å². The molecule has 0 unspecified atom stereocenters. The Morgan fingerprint density at radius 2 is 2.26 bits per heavy atom. The molecular weight excluding hydrogens is 288 g/mol. The van der Waals surface area contributed by atoms with Gasteiger partial charge in [-0.3, -0.25) is 4.90 Å². The summed E-state index contributed by atoms with van der Waals surface area (Å²) in [5.41, 5.74) is 3.75. The van der Waals surface area contributed by atoms with Crippen LogP contribution < -0.4 is 0 Å². The second-order valence-corrected chi connectivity index (χ2v) is 6.04. The van der Waals surface area contributed by atoms with Crippen LogP contribution in [-0.2, 0) is 16.0 Å². The molecule has 0 saturated carbocycles. The quantitative estimate of drug-likeness (QED) is 0.680. The van der Waals surface area contributed by atoms with Crippen LogP contribution in [0.15, 0.2) is 42.1 Å². The van der Waals surface area contributed by atoms with Gasteiger partial charge in [-0.15, -0.1) is 0 Å². The Kier molecular flexibility index (Phi) is 5.13. The Bertz CT molecular complexity index is 702. The van der Waals surface area contributed by atoms with Crippen molar-refractivity contribution in [2.45, 2.75) is 26.2 Å². The molecule has 4 heteroatoms. The van der Waals surface area contributed by atoms with Crippen molar-refractivity contribution in [2.24, 2.45) is 0 Å². The zero-order chi connectivity index (χ0) is 16.1. The average Bonchev–Trinajstić information content (AvgIpc) is 2.97. The van der Waals surface area contributed by atoms with Crippen molar-refractivity contribution in [3.05, 3.63) is 47.7 Å². The summed E-state index contributed by atoms with van der Waals surface area (Å²) in [6.07, 6.45) is 6.93. The lowest BCUT2D eigenvalue weighted by Gasteiger charge is -2.28. The zero-order valence-electron chi connectivity index (χ0n) is 13.7. The monoisotopic (exact) mass is 312 g/mol. The zero-order valence-corrected chi connectivity index (χ0v) is 13.7. The fourth-order valence-corrected chi connectivity index (χ4v) is 3.25. The first kappa shape index (κ1) is 15.8. The summed E-state index contributed by atoms with van der Waals surface area (Å²) in [4.78, 5) is 17.3. The lowest BCUT2D eigenvalue weighted by molar-refractivity contribution is -0.137. The van der Waals surface area contributed by atoms with Crippen molar-refractivity contribution in [3.8, 4) is 0 Å². The maximum atomic E-state index is 11.6. The minimum absolute atomic E-state index is 0.207. The third-order valence-corrected chi connectivity index (χ3v) is 4.38. The van der Waals surface area contributed by atoms with E-state index in [2.05, 4.69) is 40.3 Å². The smallest absolute Gasteiger partial charge is 0.330 e. The van der Waals surface area contributed by atoms with Crippen molar-refractivity contribution in [1.82, 2.24) is 9.88 Å². The number of fused-ring (bicyclic) bond motifs is 1. The first-order chi connectivity index (χ1) is 11.3. The van der Waals surface area contributed by atoms with E-state index >= 15 is 0 Å². The van der Waals surface area contributed by atoms with E-state index in [1.54, 1.807) is 6.08 Å². The molecule has 0 spiro atoms. The van der Waals surface area contributed by atoms with Crippen LogP contribution in [0.1, 0.15) is 25.3 Å². The highest BCUT2D eigenvalue weighted by Gasteiger charge is 2.16. The van der Waals surface area contributed by atoms with Crippen molar-refractivity contribution < 1.29 is 9.53 Å². The molecule has 0 amide bonds. The molecule has 1 aromatic carbocycles. The number of esters is 1. The van der Waals surface area contributed by atoms with Gasteiger partial charge in [0.1, 0.15) is 0 Å². The number of piperidine rings is 1. The fraction of sp³-hybridized carbons (Fsp3) is 0.421. The summed E-state index contributed by atoms with van der Waals surface area (Å²) in [5, 5.41) is 1.31. The summed E-state index contributed by atoms with van der Waals surface area (Å²) in [5.74, 6) is -0.207. The third-order valence-electron chi connectivity index (χ3n) is 4.38. The van der Waals surface area contributed by atoms with Crippen LogP contribution in [0.5, 0.6) is 0 Å². The van der Waals surface area contributed by atoms with Crippen LogP contribution in [0, 0.1) is 0 Å². The first-order valence-corrected chi connectivity index (χ1v) is 8.40. The lowest BCUT2D eigenvalue weighted by atomic mass is 10.0. The van der Waals surface area contributed by atoms with Gasteiger partial charge in [-0.1, -0.05) is 18.2 Å². The number of likely N-dealkylation sites (tertiary alicyclic amines) is 1. The van der Waals surface area contributed by atoms with Crippen LogP contribution in [0.2, 0.25) is 0 Å². The minimum atomic E-state index is -0.207. The maximum Gasteiger partial charge on any atom is 0.330 e. The van der Waals surface area contributed by atoms with Gasteiger partial charge in [0.2, 0.25) is 0 Å². The number of H-pyrrole nitrogens is 1. The van der Waals surface area contributed by atoms with Crippen LogP contribution >= 0.6 is 0 Å². The largest absolute Gasteiger partial charge is 0.463 e. The van der Waals surface area contributed by atoms with Gasteiger partial charge in [-0.05, 0) is 49.9 Å². The minimum Gasteiger partial charge on any atom is -0.463 e. The molecule has 2 aromatic rings. The molecule has 0 aliphatic carbocycles. The van der Waals surface area contributed by atoms with Gasteiger partial charge < -0.3 is 9.72 Å². The summed E-state index contributed by atoms with van der Waals surface area (Å²) < 4.78 is 5.01. The normalized spacial score (nSPS) is 17.7. The molecule has 1 aliphatic rings. The molecule has 0 bridgehead atoms. The van der Waals surface area contributed by atoms with Crippen LogP contribution in [0.25, 0.3) is 10.9 Å². The van der Waals surface area contributed by atoms with E-state index in [4.69, 9.17) is 4.74 Å². The van der Waals surface area contributed by atoms with Gasteiger partial charge in [0.05, 0.1) is 6.61 Å². The van der Waals surface area contributed by atoms with Gasteiger partial charge in [-0.25, -0.2) is 4.79 Å². The topological polar surface area (TPSA) is 45.3 Å². The Morgan fingerprint density at radius 3 is 3.13 bits per heavy atom. The number of aromatic amines is 1. The van der Waals surface area contributed by atoms with Crippen molar-refractivity contribution in [2.75, 3.05) is 26.2 Å². The van der Waals surface area contributed by atoms with E-state index < -0.39 is 0 Å². The Hall–Kier alpha value is -2.07. The number of benzene rings is 1. The first-order valence-electron chi connectivity index (χ1n) is 8.40. The van der Waals surface area contributed by atoms with Gasteiger partial charge in [-0.2, -0.15) is 0 Å². The summed E-state index contributed by atoms with van der Waals surface area (Å²) in [6, 6.07) is 8.42. The average molecular weight is 312 g/mol. The van der Waals surface area contributed by atoms with Crippen LogP contribution in [0.4, 0.5) is 0 Å². The molecule has 2 heterocycles. The van der Waals surface area contributed by atoms with Crippen molar-refractivity contribution in [1.29, 1.82) is 0 Å². The highest BCUT2D eigenvalue weighted by Crippen LogP contribution is 2.20. The molecule has 1 aliphatic heterocycles. The number of nitrogens with zero attached hydrogens (tertiary/aromatic N) is 1. The number of carbonyl (C=O) groups excluding carboxylic acids is 1. The predicted octanol–water partition coefficient (Wildman–Crippen LogP) is 3.30. The van der Waals surface area contributed by atoms with E-state index in [0.717, 1.165) is 38.9 Å². The van der Waals surface area contributed by atoms with E-state index in [1.807, 2.05) is 6.92 Å². The number of para-hydroxylation sites is 1. The lowest BCUT2D eigenvalue weighted by Crippen LogP contribution is -2.33. The number of nitrogens with one attached hydrogen (secondary N) is 1. The number of ether oxygens (including phenoxy) is 1. The highest BCUT2D eigenvalue weighted by atomic mass is 16.5. The SMILES string of the molecule is CCOC(=O)/C=C1\CCCN(CCc2c[nH]c3ccccc23)C1. The van der Waals surface area contributed by atoms with Crippen molar-refractivity contribution in [3.63, 3.8) is 0 Å². The third kappa shape index (κ3) is 4.02. The van der Waals surface area contributed by atoms with Gasteiger partial charge in [0.15, 0.2) is 0 Å². The molecule has 0 atom stereocenters. The summed E-state index contributed by atoms with van der Waals surface area (Å²) >= 11 is 0. The molecule has 4 nitrogen and oxygen atoms in total. The second-order valence-electron chi connectivity index (χ2n) is 6.04. The van der Waals surface area contributed by atoms with E-state index in [0.29, 0.717) is 6.61 Å². The predicted molar refractivity (Wildman–Crippen MR) is 92.4 cm³/mol. The molecule has 122 valence electrons. The second kappa shape index (κ2) is 7.47. The van der Waals surface area contributed by atoms with Crippen LogP contribution in [-0.4, -0.2) is 42.1 Å². The highest BCUT2D eigenvalue weighted by molar-refractivity contribution is 5.83. The molecule has 0 radical (unpaired) electrons.